The molecule has 1 aromatic carbocycles. The Bertz CT molecular complexity index is 479. The summed E-state index contributed by atoms with van der Waals surface area (Å²) in [6, 6.07) is 9.70. The summed E-state index contributed by atoms with van der Waals surface area (Å²) >= 11 is 0. The van der Waals surface area contributed by atoms with Crippen molar-refractivity contribution in [2.45, 2.75) is 26.5 Å². The third-order valence-electron chi connectivity index (χ3n) is 3.34. The fraction of sp³-hybridized carbons (Fsp3) is 0.500. The standard InChI is InChI=1S/C16H21NO5/c1-3-20-15(18)13-11-17(10-12-8-6-5-7-9-12)22-14(13)16(19)21-4-2/h5-9,13-14H,3-4,10-11H2,1-2H3/t13-,14+/m1/s1. The van der Waals surface area contributed by atoms with Crippen molar-refractivity contribution in [3.8, 4) is 0 Å². The van der Waals surface area contributed by atoms with Crippen LogP contribution in [0.15, 0.2) is 30.3 Å². The molecule has 0 amide bonds. The quantitative estimate of drug-likeness (QED) is 0.743. The molecule has 2 rings (SSSR count). The van der Waals surface area contributed by atoms with Crippen molar-refractivity contribution in [1.29, 1.82) is 0 Å². The molecule has 120 valence electrons. The Morgan fingerprint density at radius 2 is 1.77 bits per heavy atom. The van der Waals surface area contributed by atoms with Crippen LogP contribution in [0.2, 0.25) is 0 Å². The number of nitrogens with zero attached hydrogens (tertiary/aromatic N) is 1. The minimum atomic E-state index is -0.942. The van der Waals surface area contributed by atoms with Gasteiger partial charge in [-0.2, -0.15) is 5.06 Å². The molecule has 22 heavy (non-hydrogen) atoms. The van der Waals surface area contributed by atoms with E-state index in [0.717, 1.165) is 5.56 Å². The molecule has 2 atom stereocenters. The average molecular weight is 307 g/mol. The predicted molar refractivity (Wildman–Crippen MR) is 78.5 cm³/mol. The van der Waals surface area contributed by atoms with Crippen LogP contribution in [-0.4, -0.2) is 42.9 Å². The van der Waals surface area contributed by atoms with Crippen molar-refractivity contribution in [3.05, 3.63) is 35.9 Å². The summed E-state index contributed by atoms with van der Waals surface area (Å²) in [6.07, 6.45) is -0.942. The van der Waals surface area contributed by atoms with E-state index in [1.165, 1.54) is 0 Å². The van der Waals surface area contributed by atoms with Gasteiger partial charge in [-0.3, -0.25) is 9.63 Å². The number of hydrogen-bond acceptors (Lipinski definition) is 6. The number of benzene rings is 1. The Hall–Kier alpha value is -1.92. The Kier molecular flexibility index (Phi) is 5.91. The molecule has 1 aromatic rings. The van der Waals surface area contributed by atoms with Gasteiger partial charge in [-0.1, -0.05) is 30.3 Å². The topological polar surface area (TPSA) is 65.1 Å². The Labute approximate surface area is 129 Å². The molecule has 0 aliphatic carbocycles. The third kappa shape index (κ3) is 4.05. The lowest BCUT2D eigenvalue weighted by Crippen LogP contribution is -2.35. The zero-order valence-corrected chi connectivity index (χ0v) is 12.9. The van der Waals surface area contributed by atoms with E-state index in [1.807, 2.05) is 30.3 Å². The fourth-order valence-electron chi connectivity index (χ4n) is 2.36. The van der Waals surface area contributed by atoms with Gasteiger partial charge in [0.05, 0.1) is 13.2 Å². The van der Waals surface area contributed by atoms with Gasteiger partial charge in [0.15, 0.2) is 6.10 Å². The zero-order chi connectivity index (χ0) is 15.9. The average Bonchev–Trinajstić information content (AvgIpc) is 2.93. The molecule has 1 aliphatic rings. The first-order chi connectivity index (χ1) is 10.7. The molecular weight excluding hydrogens is 286 g/mol. The molecule has 0 saturated carbocycles. The second kappa shape index (κ2) is 7.91. The highest BCUT2D eigenvalue weighted by Gasteiger charge is 2.45. The summed E-state index contributed by atoms with van der Waals surface area (Å²) in [5, 5.41) is 1.61. The Balaban J connectivity index is 2.06. The van der Waals surface area contributed by atoms with Gasteiger partial charge in [0.1, 0.15) is 5.92 Å². The first-order valence-corrected chi connectivity index (χ1v) is 7.44. The van der Waals surface area contributed by atoms with Crippen molar-refractivity contribution < 1.29 is 23.9 Å². The van der Waals surface area contributed by atoms with E-state index in [2.05, 4.69) is 0 Å². The van der Waals surface area contributed by atoms with Crippen LogP contribution >= 0.6 is 0 Å². The second-order valence-corrected chi connectivity index (χ2v) is 4.94. The van der Waals surface area contributed by atoms with Gasteiger partial charge >= 0.3 is 11.9 Å². The molecule has 6 heteroatoms. The van der Waals surface area contributed by atoms with Crippen LogP contribution in [0.5, 0.6) is 0 Å². The van der Waals surface area contributed by atoms with E-state index in [0.29, 0.717) is 13.1 Å². The molecule has 0 N–H and O–H groups in total. The first kappa shape index (κ1) is 16.5. The van der Waals surface area contributed by atoms with Crippen molar-refractivity contribution >= 4 is 11.9 Å². The number of hydrogen-bond donors (Lipinski definition) is 0. The molecule has 1 fully saturated rings. The van der Waals surface area contributed by atoms with Gasteiger partial charge in [-0.05, 0) is 19.4 Å². The maximum absolute atomic E-state index is 12.0. The van der Waals surface area contributed by atoms with E-state index in [-0.39, 0.29) is 13.2 Å². The summed E-state index contributed by atoms with van der Waals surface area (Å²) in [7, 11) is 0. The summed E-state index contributed by atoms with van der Waals surface area (Å²) < 4.78 is 10.0. The number of esters is 2. The minimum absolute atomic E-state index is 0.243. The number of carbonyl (C=O) groups excluding carboxylic acids is 2. The molecular formula is C16H21NO5. The van der Waals surface area contributed by atoms with E-state index in [9.17, 15) is 9.59 Å². The van der Waals surface area contributed by atoms with Gasteiger partial charge in [0.25, 0.3) is 0 Å². The highest BCUT2D eigenvalue weighted by Crippen LogP contribution is 2.25. The van der Waals surface area contributed by atoms with Gasteiger partial charge in [-0.25, -0.2) is 4.79 Å². The molecule has 6 nitrogen and oxygen atoms in total. The first-order valence-electron chi connectivity index (χ1n) is 7.44. The van der Waals surface area contributed by atoms with Crippen LogP contribution in [0.3, 0.4) is 0 Å². The van der Waals surface area contributed by atoms with Crippen molar-refractivity contribution in [2.75, 3.05) is 19.8 Å². The molecule has 0 spiro atoms. The lowest BCUT2D eigenvalue weighted by atomic mass is 10.0. The lowest BCUT2D eigenvalue weighted by molar-refractivity contribution is -0.188. The summed E-state index contributed by atoms with van der Waals surface area (Å²) in [6.45, 7) is 4.75. The van der Waals surface area contributed by atoms with Crippen molar-refractivity contribution in [3.63, 3.8) is 0 Å². The maximum atomic E-state index is 12.0. The SMILES string of the molecule is CCOC(=O)[C@H]1ON(Cc2ccccc2)C[C@H]1C(=O)OCC. The fourth-order valence-corrected chi connectivity index (χ4v) is 2.36. The molecule has 1 heterocycles. The van der Waals surface area contributed by atoms with Crippen molar-refractivity contribution in [2.24, 2.45) is 5.92 Å². The van der Waals surface area contributed by atoms with Crippen LogP contribution < -0.4 is 0 Å². The number of ether oxygens (including phenoxy) is 2. The Morgan fingerprint density at radius 1 is 1.14 bits per heavy atom. The largest absolute Gasteiger partial charge is 0.466 e. The zero-order valence-electron chi connectivity index (χ0n) is 12.9. The highest BCUT2D eigenvalue weighted by atomic mass is 16.7. The predicted octanol–water partition coefficient (Wildman–Crippen LogP) is 1.54. The van der Waals surface area contributed by atoms with Crippen LogP contribution in [-0.2, 0) is 30.4 Å². The van der Waals surface area contributed by atoms with Crippen LogP contribution in [0.4, 0.5) is 0 Å². The molecule has 0 unspecified atom stereocenters. The molecule has 1 aliphatic heterocycles. The monoisotopic (exact) mass is 307 g/mol. The minimum Gasteiger partial charge on any atom is -0.466 e. The molecule has 0 radical (unpaired) electrons. The summed E-state index contributed by atoms with van der Waals surface area (Å²) in [4.78, 5) is 29.6. The number of rotatable bonds is 6. The van der Waals surface area contributed by atoms with E-state index >= 15 is 0 Å². The van der Waals surface area contributed by atoms with Crippen molar-refractivity contribution in [1.82, 2.24) is 5.06 Å². The molecule has 0 aromatic heterocycles. The van der Waals surface area contributed by atoms with Crippen LogP contribution in [0, 0.1) is 5.92 Å². The third-order valence-corrected chi connectivity index (χ3v) is 3.34. The van der Waals surface area contributed by atoms with E-state index in [1.54, 1.807) is 18.9 Å². The van der Waals surface area contributed by atoms with Crippen LogP contribution in [0.1, 0.15) is 19.4 Å². The smallest absolute Gasteiger partial charge is 0.338 e. The summed E-state index contributed by atoms with van der Waals surface area (Å²) in [5.41, 5.74) is 1.04. The maximum Gasteiger partial charge on any atom is 0.338 e. The number of hydroxylamine groups is 2. The molecule has 0 bridgehead atoms. The van der Waals surface area contributed by atoms with Gasteiger partial charge in [0, 0.05) is 13.1 Å². The lowest BCUT2D eigenvalue weighted by Gasteiger charge is -2.15. The normalized spacial score (nSPS) is 21.5. The number of carbonyl (C=O) groups is 2. The van der Waals surface area contributed by atoms with E-state index in [4.69, 9.17) is 14.3 Å². The van der Waals surface area contributed by atoms with Gasteiger partial charge in [-0.15, -0.1) is 0 Å². The van der Waals surface area contributed by atoms with E-state index < -0.39 is 24.0 Å². The van der Waals surface area contributed by atoms with Crippen LogP contribution in [0.25, 0.3) is 0 Å². The second-order valence-electron chi connectivity index (χ2n) is 4.94. The van der Waals surface area contributed by atoms with Gasteiger partial charge in [0.2, 0.25) is 0 Å². The van der Waals surface area contributed by atoms with Gasteiger partial charge < -0.3 is 9.47 Å². The Morgan fingerprint density at radius 3 is 2.41 bits per heavy atom. The molecule has 1 saturated heterocycles. The summed E-state index contributed by atoms with van der Waals surface area (Å²) in [5.74, 6) is -1.63. The highest BCUT2D eigenvalue weighted by molar-refractivity contribution is 5.84.